The van der Waals surface area contributed by atoms with Gasteiger partial charge in [-0.05, 0) is 41.9 Å². The summed E-state index contributed by atoms with van der Waals surface area (Å²) in [5.74, 6) is 0. The van der Waals surface area contributed by atoms with Crippen LogP contribution in [-0.4, -0.2) is 11.9 Å². The fourth-order valence-corrected chi connectivity index (χ4v) is 7.96. The van der Waals surface area contributed by atoms with Gasteiger partial charge < -0.3 is 5.41 Å². The Hall–Kier alpha value is -2.24. The van der Waals surface area contributed by atoms with Crippen LogP contribution in [0.5, 0.6) is 0 Å². The number of nitrogens with one attached hydrogen (secondary N) is 1. The van der Waals surface area contributed by atoms with Gasteiger partial charge in [0.2, 0.25) is 0 Å². The normalized spacial score (nSPS) is 20.0. The Morgan fingerprint density at radius 1 is 0.607 bits per heavy atom. The highest BCUT2D eigenvalue weighted by Gasteiger charge is 2.45. The Kier molecular flexibility index (Phi) is 6.03. The van der Waals surface area contributed by atoms with Crippen LogP contribution < -0.4 is 5.30 Å². The number of benzene rings is 3. The van der Waals surface area contributed by atoms with Gasteiger partial charge in [-0.3, -0.25) is 0 Å². The maximum absolute atomic E-state index is 9.40. The van der Waals surface area contributed by atoms with Crippen LogP contribution in [-0.2, 0) is 5.16 Å². The van der Waals surface area contributed by atoms with Gasteiger partial charge in [0, 0.05) is 5.71 Å². The highest BCUT2D eigenvalue weighted by atomic mass is 31.1. The van der Waals surface area contributed by atoms with Crippen LogP contribution in [0.3, 0.4) is 0 Å². The Balaban J connectivity index is 2.02. The topological polar surface area (TPSA) is 23.9 Å². The van der Waals surface area contributed by atoms with Gasteiger partial charge >= 0.3 is 0 Å². The predicted octanol–water partition coefficient (Wildman–Crippen LogP) is 6.72. The van der Waals surface area contributed by atoms with Crippen molar-refractivity contribution in [3.05, 3.63) is 102 Å². The standard InChI is InChI=1S/C26H28NP/c27-25-20-12-1-2-13-21-28(24-18-10-5-11-19-24)26(25,22-14-6-3-7-15-22)23-16-8-4-9-17-23/h3-11,14-19,27H,1-2,12-13,20-21H2. The maximum atomic E-state index is 9.40. The lowest BCUT2D eigenvalue weighted by molar-refractivity contribution is 0.685. The average Bonchev–Trinajstić information content (AvgIpc) is 2.85. The lowest BCUT2D eigenvalue weighted by atomic mass is 9.84. The van der Waals surface area contributed by atoms with E-state index in [0.29, 0.717) is 0 Å². The molecule has 1 aliphatic rings. The monoisotopic (exact) mass is 385 g/mol. The molecule has 0 spiro atoms. The molecule has 1 unspecified atom stereocenters. The van der Waals surface area contributed by atoms with E-state index in [-0.39, 0.29) is 5.16 Å². The first kappa shape index (κ1) is 19.1. The van der Waals surface area contributed by atoms with Gasteiger partial charge in [0.25, 0.3) is 0 Å². The molecular weight excluding hydrogens is 357 g/mol. The van der Waals surface area contributed by atoms with Crippen LogP contribution in [0.4, 0.5) is 0 Å². The highest BCUT2D eigenvalue weighted by Crippen LogP contribution is 2.61. The van der Waals surface area contributed by atoms with E-state index in [9.17, 15) is 5.41 Å². The molecule has 4 rings (SSSR count). The molecule has 1 N–H and O–H groups in total. The molecule has 1 saturated heterocycles. The van der Waals surface area contributed by atoms with Crippen molar-refractivity contribution in [2.75, 3.05) is 6.16 Å². The molecule has 2 heteroatoms. The van der Waals surface area contributed by atoms with Crippen molar-refractivity contribution in [2.24, 2.45) is 0 Å². The van der Waals surface area contributed by atoms with Crippen molar-refractivity contribution in [2.45, 2.75) is 37.3 Å². The summed E-state index contributed by atoms with van der Waals surface area (Å²) in [6.45, 7) is 0. The van der Waals surface area contributed by atoms with Crippen LogP contribution in [0.25, 0.3) is 0 Å². The van der Waals surface area contributed by atoms with Crippen molar-refractivity contribution in [3.63, 3.8) is 0 Å². The molecular formula is C26H28NP. The first-order valence-corrected chi connectivity index (χ1v) is 11.9. The summed E-state index contributed by atoms with van der Waals surface area (Å²) in [6, 6.07) is 32.7. The first-order valence-electron chi connectivity index (χ1n) is 10.3. The molecule has 1 nitrogen and oxygen atoms in total. The molecule has 0 aliphatic carbocycles. The van der Waals surface area contributed by atoms with E-state index in [1.807, 2.05) is 0 Å². The molecule has 28 heavy (non-hydrogen) atoms. The second kappa shape index (κ2) is 8.84. The summed E-state index contributed by atoms with van der Waals surface area (Å²) >= 11 is 0. The third-order valence-corrected chi connectivity index (χ3v) is 9.13. The van der Waals surface area contributed by atoms with E-state index < -0.39 is 7.92 Å². The zero-order valence-corrected chi connectivity index (χ0v) is 17.2. The zero-order chi connectivity index (χ0) is 19.2. The summed E-state index contributed by atoms with van der Waals surface area (Å²) < 4.78 is 0. The van der Waals surface area contributed by atoms with E-state index >= 15 is 0 Å². The van der Waals surface area contributed by atoms with Crippen LogP contribution in [0, 0.1) is 5.41 Å². The molecule has 1 heterocycles. The lowest BCUT2D eigenvalue weighted by Crippen LogP contribution is -2.38. The van der Waals surface area contributed by atoms with Gasteiger partial charge in [0.1, 0.15) is 0 Å². The third-order valence-electron chi connectivity index (χ3n) is 5.85. The minimum Gasteiger partial charge on any atom is -0.308 e. The Morgan fingerprint density at radius 3 is 1.68 bits per heavy atom. The summed E-state index contributed by atoms with van der Waals surface area (Å²) in [5.41, 5.74) is 3.45. The molecule has 3 aromatic carbocycles. The van der Waals surface area contributed by atoms with E-state index in [4.69, 9.17) is 0 Å². The highest BCUT2D eigenvalue weighted by molar-refractivity contribution is 7.68. The Bertz CT molecular complexity index is 850. The predicted molar refractivity (Wildman–Crippen MR) is 122 cm³/mol. The molecule has 0 amide bonds. The number of rotatable bonds is 3. The molecule has 142 valence electrons. The SMILES string of the molecule is N=C1CCCCCCP(c2ccccc2)C1(c1ccccc1)c1ccccc1. The number of hydrogen-bond acceptors (Lipinski definition) is 1. The van der Waals surface area contributed by atoms with Gasteiger partial charge in [-0.25, -0.2) is 0 Å². The van der Waals surface area contributed by atoms with E-state index in [1.54, 1.807) is 0 Å². The fraction of sp³-hybridized carbons (Fsp3) is 0.269. The van der Waals surface area contributed by atoms with Crippen molar-refractivity contribution in [3.8, 4) is 0 Å². The molecule has 1 aliphatic heterocycles. The van der Waals surface area contributed by atoms with Crippen LogP contribution in [0.15, 0.2) is 91.0 Å². The van der Waals surface area contributed by atoms with Gasteiger partial charge in [-0.15, -0.1) is 0 Å². The summed E-state index contributed by atoms with van der Waals surface area (Å²) in [4.78, 5) is 0. The van der Waals surface area contributed by atoms with Gasteiger partial charge in [-0.1, -0.05) is 112 Å². The summed E-state index contributed by atoms with van der Waals surface area (Å²) in [7, 11) is -0.592. The molecule has 1 fully saturated rings. The zero-order valence-electron chi connectivity index (χ0n) is 16.4. The van der Waals surface area contributed by atoms with Crippen LogP contribution >= 0.6 is 7.92 Å². The third kappa shape index (κ3) is 3.56. The van der Waals surface area contributed by atoms with Gasteiger partial charge in [0.15, 0.2) is 0 Å². The largest absolute Gasteiger partial charge is 0.308 e. The second-order valence-electron chi connectivity index (χ2n) is 7.57. The minimum absolute atomic E-state index is 0.344. The lowest BCUT2D eigenvalue weighted by Gasteiger charge is -2.43. The molecule has 0 aromatic heterocycles. The van der Waals surface area contributed by atoms with E-state index in [0.717, 1.165) is 18.6 Å². The first-order chi connectivity index (χ1) is 13.8. The van der Waals surface area contributed by atoms with Crippen molar-refractivity contribution in [1.29, 1.82) is 5.41 Å². The van der Waals surface area contributed by atoms with Crippen molar-refractivity contribution < 1.29 is 0 Å². The van der Waals surface area contributed by atoms with Crippen LogP contribution in [0.1, 0.15) is 43.2 Å². The molecule has 0 saturated carbocycles. The van der Waals surface area contributed by atoms with Gasteiger partial charge in [0.05, 0.1) is 5.16 Å². The van der Waals surface area contributed by atoms with E-state index in [2.05, 4.69) is 91.0 Å². The molecule has 0 radical (unpaired) electrons. The van der Waals surface area contributed by atoms with Crippen molar-refractivity contribution >= 4 is 18.9 Å². The fourth-order valence-electron chi connectivity index (χ4n) is 4.55. The van der Waals surface area contributed by atoms with Crippen LogP contribution in [0.2, 0.25) is 0 Å². The van der Waals surface area contributed by atoms with Crippen molar-refractivity contribution in [1.82, 2.24) is 0 Å². The summed E-state index contributed by atoms with van der Waals surface area (Å²) in [5, 5.41) is 10.5. The minimum atomic E-state index is -0.592. The Morgan fingerprint density at radius 2 is 1.11 bits per heavy atom. The Labute approximate surface area is 170 Å². The van der Waals surface area contributed by atoms with E-state index in [1.165, 1.54) is 41.9 Å². The molecule has 0 bridgehead atoms. The summed E-state index contributed by atoms with van der Waals surface area (Å²) in [6.07, 6.45) is 6.94. The average molecular weight is 385 g/mol. The molecule has 3 aromatic rings. The maximum Gasteiger partial charge on any atom is 0.0815 e. The quantitative estimate of drug-likeness (QED) is 0.484. The molecule has 1 atom stereocenters. The van der Waals surface area contributed by atoms with Gasteiger partial charge in [-0.2, -0.15) is 0 Å². The number of hydrogen-bond donors (Lipinski definition) is 1. The smallest absolute Gasteiger partial charge is 0.0815 e. The second-order valence-corrected chi connectivity index (χ2v) is 10.1.